The van der Waals surface area contributed by atoms with E-state index in [1.807, 2.05) is 6.07 Å². The molecule has 112 valence electrons. The lowest BCUT2D eigenvalue weighted by Gasteiger charge is -2.00. The van der Waals surface area contributed by atoms with Crippen molar-refractivity contribution < 1.29 is 9.53 Å². The maximum absolute atomic E-state index is 11.7. The number of aromatic nitrogens is 2. The van der Waals surface area contributed by atoms with Crippen molar-refractivity contribution in [3.8, 4) is 11.4 Å². The zero-order valence-corrected chi connectivity index (χ0v) is 14.4. The van der Waals surface area contributed by atoms with Crippen LogP contribution in [0, 0.1) is 0 Å². The standard InChI is InChI=1S/C15H9BrCl2N2O2/c1-22-15(21)8-4-9(16)13-12(6-8)19-14(20-13)7-2-3-10(17)11(18)5-7/h2-6H,1H3,(H,19,20). The van der Waals surface area contributed by atoms with E-state index < -0.39 is 5.97 Å². The number of halogens is 3. The van der Waals surface area contributed by atoms with Gasteiger partial charge in [0.05, 0.1) is 28.2 Å². The van der Waals surface area contributed by atoms with Gasteiger partial charge in [-0.15, -0.1) is 0 Å². The van der Waals surface area contributed by atoms with Gasteiger partial charge in [-0.3, -0.25) is 0 Å². The molecule has 3 rings (SSSR count). The first-order valence-corrected chi connectivity index (χ1v) is 7.77. The lowest BCUT2D eigenvalue weighted by molar-refractivity contribution is 0.0601. The van der Waals surface area contributed by atoms with Crippen molar-refractivity contribution in [1.29, 1.82) is 0 Å². The fourth-order valence-electron chi connectivity index (χ4n) is 2.09. The van der Waals surface area contributed by atoms with E-state index in [-0.39, 0.29) is 0 Å². The first-order valence-electron chi connectivity index (χ1n) is 6.22. The molecule has 4 nitrogen and oxygen atoms in total. The first kappa shape index (κ1) is 15.3. The SMILES string of the molecule is COC(=O)c1cc(Br)c2nc(-c3ccc(Cl)c(Cl)c3)[nH]c2c1. The van der Waals surface area contributed by atoms with Crippen molar-refractivity contribution in [3.05, 3.63) is 50.4 Å². The zero-order chi connectivity index (χ0) is 15.9. The van der Waals surface area contributed by atoms with Crippen LogP contribution in [-0.2, 0) is 4.74 Å². The molecule has 0 radical (unpaired) electrons. The van der Waals surface area contributed by atoms with Gasteiger partial charge in [-0.25, -0.2) is 9.78 Å². The van der Waals surface area contributed by atoms with Crippen molar-refractivity contribution in [1.82, 2.24) is 9.97 Å². The van der Waals surface area contributed by atoms with Crippen LogP contribution in [-0.4, -0.2) is 23.0 Å². The third-order valence-electron chi connectivity index (χ3n) is 3.15. The highest BCUT2D eigenvalue weighted by molar-refractivity contribution is 9.10. The largest absolute Gasteiger partial charge is 0.465 e. The summed E-state index contributed by atoms with van der Waals surface area (Å²) in [6.07, 6.45) is 0. The van der Waals surface area contributed by atoms with Crippen LogP contribution in [0.1, 0.15) is 10.4 Å². The van der Waals surface area contributed by atoms with Gasteiger partial charge >= 0.3 is 5.97 Å². The number of ether oxygens (including phenoxy) is 1. The highest BCUT2D eigenvalue weighted by Gasteiger charge is 2.14. The van der Waals surface area contributed by atoms with Gasteiger partial charge in [0.1, 0.15) is 11.3 Å². The molecule has 0 aliphatic carbocycles. The van der Waals surface area contributed by atoms with E-state index in [0.29, 0.717) is 31.4 Å². The maximum Gasteiger partial charge on any atom is 0.337 e. The van der Waals surface area contributed by atoms with Crippen LogP contribution >= 0.6 is 39.1 Å². The van der Waals surface area contributed by atoms with E-state index in [4.69, 9.17) is 27.9 Å². The lowest BCUT2D eigenvalue weighted by Crippen LogP contribution is -2.00. The van der Waals surface area contributed by atoms with Crippen LogP contribution in [0.25, 0.3) is 22.4 Å². The molecule has 0 aliphatic rings. The number of imidazole rings is 1. The average molecular weight is 400 g/mol. The summed E-state index contributed by atoms with van der Waals surface area (Å²) < 4.78 is 5.44. The number of hydrogen-bond donors (Lipinski definition) is 1. The smallest absolute Gasteiger partial charge is 0.337 e. The van der Waals surface area contributed by atoms with Gasteiger partial charge in [-0.2, -0.15) is 0 Å². The molecule has 0 atom stereocenters. The Balaban J connectivity index is 2.15. The number of carbonyl (C=O) groups is 1. The summed E-state index contributed by atoms with van der Waals surface area (Å²) >= 11 is 15.4. The van der Waals surface area contributed by atoms with Crippen LogP contribution in [0.4, 0.5) is 0 Å². The number of nitrogens with one attached hydrogen (secondary N) is 1. The van der Waals surface area contributed by atoms with Crippen molar-refractivity contribution in [3.63, 3.8) is 0 Å². The molecule has 0 unspecified atom stereocenters. The van der Waals surface area contributed by atoms with Gasteiger partial charge in [0.2, 0.25) is 0 Å². The minimum absolute atomic E-state index is 0.409. The number of esters is 1. The molecule has 1 N–H and O–H groups in total. The fourth-order valence-corrected chi connectivity index (χ4v) is 2.94. The van der Waals surface area contributed by atoms with Crippen LogP contribution in [0.5, 0.6) is 0 Å². The number of hydrogen-bond acceptors (Lipinski definition) is 3. The van der Waals surface area contributed by atoms with Crippen molar-refractivity contribution in [2.45, 2.75) is 0 Å². The summed E-state index contributed by atoms with van der Waals surface area (Å²) in [6.45, 7) is 0. The summed E-state index contributed by atoms with van der Waals surface area (Å²) in [5.74, 6) is 0.226. The quantitative estimate of drug-likeness (QED) is 0.611. The van der Waals surface area contributed by atoms with E-state index >= 15 is 0 Å². The number of methoxy groups -OCH3 is 1. The minimum Gasteiger partial charge on any atom is -0.465 e. The Bertz CT molecular complexity index is 893. The normalized spacial score (nSPS) is 10.9. The van der Waals surface area contributed by atoms with Gasteiger partial charge in [0.15, 0.2) is 0 Å². The molecule has 2 aromatic carbocycles. The topological polar surface area (TPSA) is 55.0 Å². The van der Waals surface area contributed by atoms with Crippen LogP contribution in [0.15, 0.2) is 34.8 Å². The minimum atomic E-state index is -0.409. The van der Waals surface area contributed by atoms with Gasteiger partial charge in [-0.1, -0.05) is 23.2 Å². The predicted octanol–water partition coefficient (Wildman–Crippen LogP) is 5.09. The molecule has 7 heteroatoms. The van der Waals surface area contributed by atoms with E-state index in [1.165, 1.54) is 7.11 Å². The number of nitrogens with zero attached hydrogens (tertiary/aromatic N) is 1. The molecule has 0 spiro atoms. The lowest BCUT2D eigenvalue weighted by atomic mass is 10.2. The number of carbonyl (C=O) groups excluding carboxylic acids is 1. The number of aromatic amines is 1. The Kier molecular flexibility index (Phi) is 4.12. The Hall–Kier alpha value is -1.56. The average Bonchev–Trinajstić information content (AvgIpc) is 2.93. The van der Waals surface area contributed by atoms with E-state index in [1.54, 1.807) is 24.3 Å². The number of fused-ring (bicyclic) bond motifs is 1. The van der Waals surface area contributed by atoms with Crippen LogP contribution in [0.2, 0.25) is 10.0 Å². The maximum atomic E-state index is 11.7. The molecule has 0 saturated carbocycles. The highest BCUT2D eigenvalue weighted by atomic mass is 79.9. The Morgan fingerprint density at radius 1 is 1.23 bits per heavy atom. The third kappa shape index (κ3) is 2.72. The predicted molar refractivity (Wildman–Crippen MR) is 90.6 cm³/mol. The number of rotatable bonds is 2. The Labute approximate surface area is 144 Å². The second kappa shape index (κ2) is 5.91. The molecule has 0 aliphatic heterocycles. The fraction of sp³-hybridized carbons (Fsp3) is 0.0667. The molecule has 1 heterocycles. The summed E-state index contributed by atoms with van der Waals surface area (Å²) in [4.78, 5) is 19.4. The Morgan fingerprint density at radius 2 is 2.00 bits per heavy atom. The molecule has 1 aromatic heterocycles. The van der Waals surface area contributed by atoms with Gasteiger partial charge in [0, 0.05) is 10.0 Å². The van der Waals surface area contributed by atoms with Crippen molar-refractivity contribution >= 4 is 56.1 Å². The summed E-state index contributed by atoms with van der Waals surface area (Å²) in [5.41, 5.74) is 2.67. The molecule has 0 bridgehead atoms. The van der Waals surface area contributed by atoms with Gasteiger partial charge in [0.25, 0.3) is 0 Å². The third-order valence-corrected chi connectivity index (χ3v) is 4.50. The highest BCUT2D eigenvalue weighted by Crippen LogP contribution is 2.31. The van der Waals surface area contributed by atoms with E-state index in [9.17, 15) is 4.79 Å². The second-order valence-corrected chi connectivity index (χ2v) is 6.23. The van der Waals surface area contributed by atoms with Gasteiger partial charge < -0.3 is 9.72 Å². The monoisotopic (exact) mass is 398 g/mol. The molecule has 0 fully saturated rings. The molecular weight excluding hydrogens is 391 g/mol. The van der Waals surface area contributed by atoms with Crippen molar-refractivity contribution in [2.75, 3.05) is 7.11 Å². The summed E-state index contributed by atoms with van der Waals surface area (Å²) in [7, 11) is 1.34. The molecule has 3 aromatic rings. The van der Waals surface area contributed by atoms with Crippen molar-refractivity contribution in [2.24, 2.45) is 0 Å². The zero-order valence-electron chi connectivity index (χ0n) is 11.3. The molecule has 22 heavy (non-hydrogen) atoms. The van der Waals surface area contributed by atoms with E-state index in [2.05, 4.69) is 25.9 Å². The first-order chi connectivity index (χ1) is 10.5. The summed E-state index contributed by atoms with van der Waals surface area (Å²) in [6, 6.07) is 8.63. The second-order valence-electron chi connectivity index (χ2n) is 4.56. The molecule has 0 saturated heterocycles. The van der Waals surface area contributed by atoms with Crippen LogP contribution in [0.3, 0.4) is 0 Å². The Morgan fingerprint density at radius 3 is 2.68 bits per heavy atom. The van der Waals surface area contributed by atoms with Gasteiger partial charge in [-0.05, 0) is 46.3 Å². The number of benzene rings is 2. The summed E-state index contributed by atoms with van der Waals surface area (Å²) in [5, 5.41) is 0.935. The van der Waals surface area contributed by atoms with Crippen LogP contribution < -0.4 is 0 Å². The molecular formula is C15H9BrCl2N2O2. The molecule has 0 amide bonds. The number of H-pyrrole nitrogens is 1. The van der Waals surface area contributed by atoms with E-state index in [0.717, 1.165) is 11.1 Å².